The van der Waals surface area contributed by atoms with Crippen LogP contribution in [-0.2, 0) is 9.53 Å². The number of amides is 2. The first-order valence-electron chi connectivity index (χ1n) is 14.8. The zero-order valence-corrected chi connectivity index (χ0v) is 24.4. The normalized spacial score (nSPS) is 22.9. The summed E-state index contributed by atoms with van der Waals surface area (Å²) < 4.78 is 21.1. The fourth-order valence-electron chi connectivity index (χ4n) is 6.66. The molecule has 0 saturated carbocycles. The van der Waals surface area contributed by atoms with Crippen LogP contribution in [0.15, 0.2) is 36.4 Å². The van der Waals surface area contributed by atoms with Gasteiger partial charge in [0.2, 0.25) is 5.91 Å². The lowest BCUT2D eigenvalue weighted by atomic mass is 10.0. The second kappa shape index (κ2) is 11.9. The quantitative estimate of drug-likeness (QED) is 0.440. The number of aryl methyl sites for hydroxylation is 2. The number of rotatable bonds is 8. The molecule has 2 amide bonds. The molecule has 5 heterocycles. The standard InChI is InChI=1S/C31H38FN7O3/c1-19-7-8-28(35-34-19)39-21(3)29(20(2)36-39)31(41)38-16-24-14-37(15-25(24)17-38)11-9-27(22-5-4-6-26(32)13-22)33-30(40)23-10-12-42-18-23/h4-8,13,23-25,27H,9-12,14-18H2,1-3H3,(H,33,40)/t23?,24-,25?,27?/m0/s1. The van der Waals surface area contributed by atoms with Gasteiger partial charge in [-0.1, -0.05) is 12.1 Å². The van der Waals surface area contributed by atoms with Crippen molar-refractivity contribution in [3.63, 3.8) is 0 Å². The van der Waals surface area contributed by atoms with Crippen LogP contribution in [0.4, 0.5) is 4.39 Å². The Morgan fingerprint density at radius 2 is 1.86 bits per heavy atom. The Hall–Kier alpha value is -3.70. The van der Waals surface area contributed by atoms with E-state index in [2.05, 4.69) is 25.5 Å². The number of likely N-dealkylation sites (tertiary alicyclic amines) is 2. The maximum Gasteiger partial charge on any atom is 0.257 e. The molecule has 3 aromatic rings. The van der Waals surface area contributed by atoms with Crippen LogP contribution in [0.25, 0.3) is 5.82 Å². The molecule has 1 aromatic carbocycles. The van der Waals surface area contributed by atoms with Crippen molar-refractivity contribution in [2.75, 3.05) is 45.9 Å². The number of carbonyl (C=O) groups excluding carboxylic acids is 2. The molecular weight excluding hydrogens is 537 g/mol. The van der Waals surface area contributed by atoms with E-state index in [1.807, 2.05) is 43.9 Å². The van der Waals surface area contributed by atoms with Gasteiger partial charge in [0.25, 0.3) is 5.91 Å². The molecule has 6 rings (SSSR count). The first kappa shape index (κ1) is 28.4. The summed E-state index contributed by atoms with van der Waals surface area (Å²) in [6.45, 7) is 10.7. The summed E-state index contributed by atoms with van der Waals surface area (Å²) in [5, 5.41) is 16.1. The summed E-state index contributed by atoms with van der Waals surface area (Å²) in [5.41, 5.74) is 3.69. The van der Waals surface area contributed by atoms with Gasteiger partial charge in [-0.05, 0) is 75.3 Å². The molecule has 3 aliphatic rings. The van der Waals surface area contributed by atoms with Gasteiger partial charge < -0.3 is 19.9 Å². The number of nitrogens with zero attached hydrogens (tertiary/aromatic N) is 6. The van der Waals surface area contributed by atoms with Gasteiger partial charge in [0, 0.05) is 39.3 Å². The van der Waals surface area contributed by atoms with Crippen molar-refractivity contribution in [3.8, 4) is 5.82 Å². The van der Waals surface area contributed by atoms with Gasteiger partial charge in [-0.3, -0.25) is 9.59 Å². The summed E-state index contributed by atoms with van der Waals surface area (Å²) in [6, 6.07) is 9.97. The molecular formula is C31H38FN7O3. The van der Waals surface area contributed by atoms with Crippen LogP contribution in [0.5, 0.6) is 0 Å². The predicted molar refractivity (Wildman–Crippen MR) is 154 cm³/mol. The molecule has 0 radical (unpaired) electrons. The van der Waals surface area contributed by atoms with Crippen LogP contribution in [0, 0.1) is 44.3 Å². The van der Waals surface area contributed by atoms with Gasteiger partial charge >= 0.3 is 0 Å². The fourth-order valence-corrected chi connectivity index (χ4v) is 6.66. The second-order valence-corrected chi connectivity index (χ2v) is 11.9. The third kappa shape index (κ3) is 5.80. The summed E-state index contributed by atoms with van der Waals surface area (Å²) in [5.74, 6) is 0.910. The number of nitrogens with one attached hydrogen (secondary N) is 1. The minimum Gasteiger partial charge on any atom is -0.381 e. The zero-order valence-electron chi connectivity index (χ0n) is 24.4. The van der Waals surface area contributed by atoms with Crippen LogP contribution in [0.3, 0.4) is 0 Å². The van der Waals surface area contributed by atoms with Crippen molar-refractivity contribution < 1.29 is 18.7 Å². The molecule has 4 atom stereocenters. The number of ether oxygens (including phenoxy) is 1. The molecule has 11 heteroatoms. The molecule has 0 aliphatic carbocycles. The minimum absolute atomic E-state index is 0.0158. The van der Waals surface area contributed by atoms with E-state index in [9.17, 15) is 14.0 Å². The number of carbonyl (C=O) groups is 2. The predicted octanol–water partition coefficient (Wildman–Crippen LogP) is 3.01. The average Bonchev–Trinajstić information content (AvgIpc) is 3.76. The summed E-state index contributed by atoms with van der Waals surface area (Å²) in [6.07, 6.45) is 1.40. The lowest BCUT2D eigenvalue weighted by Crippen LogP contribution is -2.37. The highest BCUT2D eigenvalue weighted by Gasteiger charge is 2.42. The fraction of sp³-hybridized carbons (Fsp3) is 0.516. The van der Waals surface area contributed by atoms with Crippen LogP contribution < -0.4 is 5.32 Å². The number of benzene rings is 1. The molecule has 10 nitrogen and oxygen atoms in total. The molecule has 3 aliphatic heterocycles. The Morgan fingerprint density at radius 3 is 2.52 bits per heavy atom. The topological polar surface area (TPSA) is 105 Å². The van der Waals surface area contributed by atoms with E-state index in [1.165, 1.54) is 12.1 Å². The molecule has 3 fully saturated rings. The lowest BCUT2D eigenvalue weighted by Gasteiger charge is -2.25. The Labute approximate surface area is 245 Å². The molecule has 0 spiro atoms. The maximum atomic E-state index is 14.1. The average molecular weight is 576 g/mol. The monoisotopic (exact) mass is 575 g/mol. The number of fused-ring (bicyclic) bond motifs is 1. The van der Waals surface area contributed by atoms with Crippen molar-refractivity contribution in [2.45, 2.75) is 39.7 Å². The first-order chi connectivity index (χ1) is 20.3. The van der Waals surface area contributed by atoms with Crippen molar-refractivity contribution in [2.24, 2.45) is 17.8 Å². The number of aromatic nitrogens is 4. The Bertz CT molecular complexity index is 1440. The highest BCUT2D eigenvalue weighted by molar-refractivity contribution is 5.96. The number of hydrogen-bond acceptors (Lipinski definition) is 7. The minimum atomic E-state index is -0.306. The van der Waals surface area contributed by atoms with E-state index in [1.54, 1.807) is 10.7 Å². The third-order valence-electron chi connectivity index (χ3n) is 8.96. The molecule has 42 heavy (non-hydrogen) atoms. The van der Waals surface area contributed by atoms with E-state index in [0.29, 0.717) is 68.1 Å². The smallest absolute Gasteiger partial charge is 0.257 e. The van der Waals surface area contributed by atoms with E-state index in [-0.39, 0.29) is 29.6 Å². The van der Waals surface area contributed by atoms with Crippen LogP contribution >= 0.6 is 0 Å². The first-order valence-corrected chi connectivity index (χ1v) is 14.8. The van der Waals surface area contributed by atoms with Gasteiger partial charge in [-0.25, -0.2) is 9.07 Å². The van der Waals surface area contributed by atoms with Crippen molar-refractivity contribution in [1.29, 1.82) is 0 Å². The molecule has 222 valence electrons. The van der Waals surface area contributed by atoms with Crippen molar-refractivity contribution in [3.05, 3.63) is 70.4 Å². The highest BCUT2D eigenvalue weighted by atomic mass is 19.1. The number of halogens is 1. The van der Waals surface area contributed by atoms with Gasteiger partial charge in [0.15, 0.2) is 5.82 Å². The molecule has 3 saturated heterocycles. The Morgan fingerprint density at radius 1 is 1.07 bits per heavy atom. The Balaban J connectivity index is 1.07. The van der Waals surface area contributed by atoms with E-state index in [0.717, 1.165) is 36.6 Å². The zero-order chi connectivity index (χ0) is 29.4. The SMILES string of the molecule is Cc1ccc(-n2nc(C)c(C(=O)N3CC4CN(CCC(NC(=O)C5CCOC5)c5cccc(F)c5)C[C@H]4C3)c2C)nn1. The van der Waals surface area contributed by atoms with E-state index < -0.39 is 0 Å². The second-order valence-electron chi connectivity index (χ2n) is 11.9. The van der Waals surface area contributed by atoms with Gasteiger partial charge in [-0.2, -0.15) is 10.2 Å². The molecule has 0 bridgehead atoms. The highest BCUT2D eigenvalue weighted by Crippen LogP contribution is 2.33. The lowest BCUT2D eigenvalue weighted by molar-refractivity contribution is -0.125. The van der Waals surface area contributed by atoms with Gasteiger partial charge in [0.1, 0.15) is 5.82 Å². The third-order valence-corrected chi connectivity index (χ3v) is 8.96. The van der Waals surface area contributed by atoms with Gasteiger partial charge in [-0.15, -0.1) is 5.10 Å². The molecule has 3 unspecified atom stereocenters. The maximum absolute atomic E-state index is 14.1. The molecule has 2 aromatic heterocycles. The van der Waals surface area contributed by atoms with Crippen molar-refractivity contribution >= 4 is 11.8 Å². The summed E-state index contributed by atoms with van der Waals surface area (Å²) in [7, 11) is 0. The van der Waals surface area contributed by atoms with E-state index >= 15 is 0 Å². The summed E-state index contributed by atoms with van der Waals surface area (Å²) >= 11 is 0. The van der Waals surface area contributed by atoms with Crippen LogP contribution in [0.2, 0.25) is 0 Å². The summed E-state index contributed by atoms with van der Waals surface area (Å²) in [4.78, 5) is 30.9. The number of hydrogen-bond donors (Lipinski definition) is 1. The van der Waals surface area contributed by atoms with Crippen molar-refractivity contribution in [1.82, 2.24) is 35.1 Å². The Kier molecular flexibility index (Phi) is 8.04. The largest absolute Gasteiger partial charge is 0.381 e. The van der Waals surface area contributed by atoms with E-state index in [4.69, 9.17) is 4.74 Å². The molecule has 1 N–H and O–H groups in total. The van der Waals surface area contributed by atoms with Gasteiger partial charge in [0.05, 0.1) is 41.2 Å². The van der Waals surface area contributed by atoms with Crippen LogP contribution in [0.1, 0.15) is 51.9 Å². The van der Waals surface area contributed by atoms with Crippen LogP contribution in [-0.4, -0.2) is 87.5 Å².